The Morgan fingerprint density at radius 2 is 2.00 bits per heavy atom. The first-order valence-corrected chi connectivity index (χ1v) is 5.98. The molecule has 98 valence electrons. The molecule has 1 aromatic carbocycles. The van der Waals surface area contributed by atoms with Crippen LogP contribution in [0.2, 0.25) is 0 Å². The molecule has 0 aliphatic carbocycles. The van der Waals surface area contributed by atoms with Gasteiger partial charge in [-0.15, -0.1) is 0 Å². The lowest BCUT2D eigenvalue weighted by atomic mass is 10.1. The van der Waals surface area contributed by atoms with Crippen molar-refractivity contribution in [2.45, 2.75) is 27.2 Å². The van der Waals surface area contributed by atoms with Crippen LogP contribution in [0.15, 0.2) is 18.2 Å². The molecule has 4 heteroatoms. The summed E-state index contributed by atoms with van der Waals surface area (Å²) in [6.07, 6.45) is 0.166. The van der Waals surface area contributed by atoms with E-state index in [1.165, 1.54) is 0 Å². The minimum absolute atomic E-state index is 0.00935. The van der Waals surface area contributed by atoms with Crippen molar-refractivity contribution in [3.05, 3.63) is 29.3 Å². The fourth-order valence-corrected chi connectivity index (χ4v) is 1.40. The molecule has 0 bridgehead atoms. The molecular weight excluding hydrogens is 230 g/mol. The summed E-state index contributed by atoms with van der Waals surface area (Å²) in [5.41, 5.74) is 1.50. The molecule has 4 nitrogen and oxygen atoms in total. The molecule has 0 saturated carbocycles. The zero-order valence-corrected chi connectivity index (χ0v) is 11.0. The highest BCUT2D eigenvalue weighted by atomic mass is 16.3. The minimum Gasteiger partial charge on any atom is -0.508 e. The fraction of sp³-hybridized carbons (Fsp3) is 0.429. The second-order valence-electron chi connectivity index (χ2n) is 4.70. The van der Waals surface area contributed by atoms with Crippen molar-refractivity contribution in [2.75, 3.05) is 6.54 Å². The summed E-state index contributed by atoms with van der Waals surface area (Å²) < 4.78 is 0. The van der Waals surface area contributed by atoms with Crippen molar-refractivity contribution in [2.24, 2.45) is 5.92 Å². The number of aromatic hydroxyl groups is 1. The smallest absolute Gasteiger partial charge is 0.224 e. The minimum atomic E-state index is -0.216. The van der Waals surface area contributed by atoms with Gasteiger partial charge in [0.2, 0.25) is 5.91 Å². The third-order valence-electron chi connectivity index (χ3n) is 2.74. The molecule has 0 radical (unpaired) electrons. The number of hydrogen-bond acceptors (Lipinski definition) is 3. The number of hydrogen-bond donors (Lipinski definition) is 2. The maximum absolute atomic E-state index is 11.6. The van der Waals surface area contributed by atoms with Gasteiger partial charge >= 0.3 is 0 Å². The van der Waals surface area contributed by atoms with Crippen LogP contribution in [0, 0.1) is 12.8 Å². The van der Waals surface area contributed by atoms with E-state index in [1.54, 1.807) is 39.0 Å². The standard InChI is InChI=1S/C14H19NO3/c1-9(2)13(17)8-15-14(18)7-11-5-4-10(3)12(16)6-11/h4-6,9,16H,7-8H2,1-3H3,(H,15,18). The molecule has 0 spiro atoms. The SMILES string of the molecule is Cc1ccc(CC(=O)NCC(=O)C(C)C)cc1O. The molecule has 0 saturated heterocycles. The van der Waals surface area contributed by atoms with E-state index in [1.807, 2.05) is 0 Å². The highest BCUT2D eigenvalue weighted by molar-refractivity contribution is 5.87. The normalized spacial score (nSPS) is 10.4. The van der Waals surface area contributed by atoms with Gasteiger partial charge in [-0.3, -0.25) is 9.59 Å². The number of benzene rings is 1. The first-order chi connectivity index (χ1) is 8.40. The summed E-state index contributed by atoms with van der Waals surface area (Å²) in [5, 5.41) is 12.1. The molecule has 18 heavy (non-hydrogen) atoms. The molecule has 0 unspecified atom stereocenters. The van der Waals surface area contributed by atoms with E-state index in [0.717, 1.165) is 11.1 Å². The molecule has 0 aromatic heterocycles. The fourth-order valence-electron chi connectivity index (χ4n) is 1.40. The van der Waals surface area contributed by atoms with Crippen LogP contribution in [0.3, 0.4) is 0 Å². The van der Waals surface area contributed by atoms with Gasteiger partial charge in [-0.05, 0) is 24.1 Å². The lowest BCUT2D eigenvalue weighted by molar-refractivity contribution is -0.126. The third-order valence-corrected chi connectivity index (χ3v) is 2.74. The van der Waals surface area contributed by atoms with Crippen molar-refractivity contribution in [3.63, 3.8) is 0 Å². The quantitative estimate of drug-likeness (QED) is 0.832. The van der Waals surface area contributed by atoms with Crippen molar-refractivity contribution in [3.8, 4) is 5.75 Å². The van der Waals surface area contributed by atoms with Crippen LogP contribution < -0.4 is 5.32 Å². The third kappa shape index (κ3) is 4.20. The van der Waals surface area contributed by atoms with E-state index < -0.39 is 0 Å². The Bertz CT molecular complexity index is 452. The highest BCUT2D eigenvalue weighted by Crippen LogP contribution is 2.17. The number of amides is 1. The Balaban J connectivity index is 2.49. The summed E-state index contributed by atoms with van der Waals surface area (Å²) in [7, 11) is 0. The summed E-state index contributed by atoms with van der Waals surface area (Å²) in [5.74, 6) is -0.102. The van der Waals surface area contributed by atoms with Gasteiger partial charge in [-0.25, -0.2) is 0 Å². The van der Waals surface area contributed by atoms with Crippen LogP contribution in [-0.2, 0) is 16.0 Å². The van der Waals surface area contributed by atoms with Crippen molar-refractivity contribution in [1.29, 1.82) is 0 Å². The van der Waals surface area contributed by atoms with Crippen LogP contribution in [0.5, 0.6) is 5.75 Å². The Morgan fingerprint density at radius 1 is 1.33 bits per heavy atom. The van der Waals surface area contributed by atoms with Crippen LogP contribution in [-0.4, -0.2) is 23.3 Å². The Morgan fingerprint density at radius 3 is 2.56 bits per heavy atom. The Labute approximate surface area is 107 Å². The second kappa shape index (κ2) is 6.19. The lowest BCUT2D eigenvalue weighted by Crippen LogP contribution is -2.32. The van der Waals surface area contributed by atoms with Gasteiger partial charge in [-0.2, -0.15) is 0 Å². The topological polar surface area (TPSA) is 66.4 Å². The Hall–Kier alpha value is -1.84. The number of nitrogens with one attached hydrogen (secondary N) is 1. The summed E-state index contributed by atoms with van der Waals surface area (Å²) in [6.45, 7) is 5.45. The van der Waals surface area contributed by atoms with E-state index in [9.17, 15) is 14.7 Å². The van der Waals surface area contributed by atoms with E-state index >= 15 is 0 Å². The van der Waals surface area contributed by atoms with Crippen LogP contribution >= 0.6 is 0 Å². The van der Waals surface area contributed by atoms with Crippen LogP contribution in [0.1, 0.15) is 25.0 Å². The van der Waals surface area contributed by atoms with Gasteiger partial charge in [0.05, 0.1) is 13.0 Å². The molecule has 0 fully saturated rings. The number of carbonyl (C=O) groups is 2. The van der Waals surface area contributed by atoms with Gasteiger partial charge in [0, 0.05) is 5.92 Å². The van der Waals surface area contributed by atoms with Crippen molar-refractivity contribution < 1.29 is 14.7 Å². The molecule has 0 atom stereocenters. The average Bonchev–Trinajstić information content (AvgIpc) is 2.30. The van der Waals surface area contributed by atoms with E-state index in [0.29, 0.717) is 0 Å². The molecule has 1 rings (SSSR count). The van der Waals surface area contributed by atoms with Gasteiger partial charge in [0.15, 0.2) is 5.78 Å². The first kappa shape index (κ1) is 14.2. The van der Waals surface area contributed by atoms with E-state index in [-0.39, 0.29) is 36.3 Å². The lowest BCUT2D eigenvalue weighted by Gasteiger charge is -2.07. The zero-order valence-electron chi connectivity index (χ0n) is 11.0. The van der Waals surface area contributed by atoms with E-state index in [4.69, 9.17) is 0 Å². The number of ketones is 1. The van der Waals surface area contributed by atoms with Crippen molar-refractivity contribution >= 4 is 11.7 Å². The van der Waals surface area contributed by atoms with Crippen LogP contribution in [0.4, 0.5) is 0 Å². The summed E-state index contributed by atoms with van der Waals surface area (Å²) in [6, 6.07) is 5.12. The van der Waals surface area contributed by atoms with E-state index in [2.05, 4.69) is 5.32 Å². The van der Waals surface area contributed by atoms with Gasteiger partial charge in [-0.1, -0.05) is 26.0 Å². The molecular formula is C14H19NO3. The summed E-state index contributed by atoms with van der Waals surface area (Å²) in [4.78, 5) is 22.9. The van der Waals surface area contributed by atoms with Crippen LogP contribution in [0.25, 0.3) is 0 Å². The maximum atomic E-state index is 11.6. The van der Waals surface area contributed by atoms with Gasteiger partial charge < -0.3 is 10.4 Å². The first-order valence-electron chi connectivity index (χ1n) is 5.98. The molecule has 1 amide bonds. The Kier molecular flexibility index (Phi) is 4.89. The zero-order chi connectivity index (χ0) is 13.7. The number of phenolic OH excluding ortho intramolecular Hbond substituents is 1. The molecule has 2 N–H and O–H groups in total. The molecule has 0 aliphatic heterocycles. The van der Waals surface area contributed by atoms with Gasteiger partial charge in [0.25, 0.3) is 0 Å². The molecule has 0 aliphatic rings. The predicted molar refractivity (Wildman–Crippen MR) is 69.4 cm³/mol. The second-order valence-corrected chi connectivity index (χ2v) is 4.70. The maximum Gasteiger partial charge on any atom is 0.224 e. The highest BCUT2D eigenvalue weighted by Gasteiger charge is 2.10. The summed E-state index contributed by atoms with van der Waals surface area (Å²) >= 11 is 0. The molecule has 1 aromatic rings. The van der Waals surface area contributed by atoms with Gasteiger partial charge in [0.1, 0.15) is 5.75 Å². The molecule has 0 heterocycles. The largest absolute Gasteiger partial charge is 0.508 e. The average molecular weight is 249 g/mol. The number of phenols is 1. The number of carbonyl (C=O) groups excluding carboxylic acids is 2. The monoisotopic (exact) mass is 249 g/mol. The predicted octanol–water partition coefficient (Wildman–Crippen LogP) is 1.58. The number of aryl methyl sites for hydroxylation is 1. The number of Topliss-reactive ketones (excluding diaryl/α,β-unsaturated/α-hetero) is 1. The number of rotatable bonds is 5. The van der Waals surface area contributed by atoms with Crippen molar-refractivity contribution in [1.82, 2.24) is 5.32 Å².